The molecule has 268 valence electrons. The van der Waals surface area contributed by atoms with Crippen LogP contribution < -0.4 is 24.0 Å². The smallest absolute Gasteiger partial charge is 0.834 e. The number of rotatable bonds is 2. The Bertz CT molecular complexity index is 720. The Balaban J connectivity index is -0.000000327. The largest absolute Gasteiger partial charge is 1.00 e. The standard InChI is InChI=1S/C6H2F12O2.C6HF12O2.BH3O3.Li/c2*7-3(8,9)1(19,4(10,11)12)2(20,5(13,14)15)6(16,17)18;2-1(3)4;/h19-20H;19H;2-4H;/q;-1;;+1. The van der Waals surface area contributed by atoms with E-state index in [2.05, 4.69) is 0 Å². The average molecular weight is 736 g/mol. The van der Waals surface area contributed by atoms with Crippen LogP contribution in [0.1, 0.15) is 0 Å². The molecular weight excluding hydrogens is 730 g/mol. The van der Waals surface area contributed by atoms with Crippen molar-refractivity contribution in [3.8, 4) is 0 Å². The number of alkyl halides is 24. The van der Waals surface area contributed by atoms with E-state index in [1.54, 1.807) is 0 Å². The molecule has 45 heavy (non-hydrogen) atoms. The summed E-state index contributed by atoms with van der Waals surface area (Å²) in [5.74, 6) is 0. The van der Waals surface area contributed by atoms with E-state index in [0.717, 1.165) is 0 Å². The first-order valence-electron chi connectivity index (χ1n) is 8.69. The molecule has 0 aromatic rings. The summed E-state index contributed by atoms with van der Waals surface area (Å²) < 4.78 is 288. The predicted octanol–water partition coefficient (Wildman–Crippen LogP) is -0.284. The van der Waals surface area contributed by atoms with E-state index in [1.807, 2.05) is 0 Å². The van der Waals surface area contributed by atoms with Crippen LogP contribution in [-0.4, -0.2) is 110 Å². The SMILES string of the molecule is OB(O)O.OC(C(F)(F)F)(C(F)(F)F)C(O)(C(F)(F)F)C(F)(F)F.[Li+].[O-]C(C(F)(F)F)(C(F)(F)F)C(O)(C(F)(F)F)C(F)(F)F. The van der Waals surface area contributed by atoms with Crippen LogP contribution in [0.3, 0.4) is 0 Å². The van der Waals surface area contributed by atoms with Gasteiger partial charge in [0.05, 0.1) is 0 Å². The Morgan fingerprint density at radius 3 is 0.467 bits per heavy atom. The van der Waals surface area contributed by atoms with Gasteiger partial charge in [-0.3, -0.25) is 0 Å². The Morgan fingerprint density at radius 2 is 0.422 bits per heavy atom. The molecule has 0 aromatic heterocycles. The van der Waals surface area contributed by atoms with Crippen LogP contribution >= 0.6 is 0 Å². The molecule has 0 rings (SSSR count). The summed E-state index contributed by atoms with van der Waals surface area (Å²) in [6, 6.07) is 0. The van der Waals surface area contributed by atoms with Crippen LogP contribution in [0.4, 0.5) is 105 Å². The van der Waals surface area contributed by atoms with Gasteiger partial charge in [-0.15, -0.1) is 0 Å². The van der Waals surface area contributed by atoms with Gasteiger partial charge < -0.3 is 35.5 Å². The quantitative estimate of drug-likeness (QED) is 0.169. The Morgan fingerprint density at radius 1 is 0.311 bits per heavy atom. The number of hydrogen-bond donors (Lipinski definition) is 6. The molecule has 7 nitrogen and oxygen atoms in total. The maximum absolute atomic E-state index is 12.0. The van der Waals surface area contributed by atoms with Crippen molar-refractivity contribution < 1.29 is 160 Å². The van der Waals surface area contributed by atoms with Crippen LogP contribution in [-0.2, 0) is 0 Å². The minimum Gasteiger partial charge on any atom is -0.834 e. The van der Waals surface area contributed by atoms with Gasteiger partial charge in [-0.1, -0.05) is 0 Å². The van der Waals surface area contributed by atoms with Crippen molar-refractivity contribution in [2.24, 2.45) is 0 Å². The van der Waals surface area contributed by atoms with Crippen molar-refractivity contribution in [3.05, 3.63) is 0 Å². The molecule has 0 saturated carbocycles. The maximum atomic E-state index is 12.0. The van der Waals surface area contributed by atoms with Crippen molar-refractivity contribution in [3.63, 3.8) is 0 Å². The summed E-state index contributed by atoms with van der Waals surface area (Å²) >= 11 is 0. The zero-order valence-electron chi connectivity index (χ0n) is 19.7. The van der Waals surface area contributed by atoms with Crippen molar-refractivity contribution in [2.45, 2.75) is 71.8 Å². The van der Waals surface area contributed by atoms with E-state index in [4.69, 9.17) is 30.4 Å². The fourth-order valence-electron chi connectivity index (χ4n) is 2.27. The van der Waals surface area contributed by atoms with Gasteiger partial charge in [0.25, 0.3) is 5.60 Å². The predicted molar refractivity (Wildman–Crippen MR) is 78.4 cm³/mol. The minimum absolute atomic E-state index is 0. The summed E-state index contributed by atoms with van der Waals surface area (Å²) in [7, 11) is -2.17. The normalized spacial score (nSPS) is 15.3. The number of hydrogen-bond acceptors (Lipinski definition) is 7. The van der Waals surface area contributed by atoms with Crippen LogP contribution in [0.5, 0.6) is 0 Å². The van der Waals surface area contributed by atoms with Crippen molar-refractivity contribution in [1.82, 2.24) is 0 Å². The summed E-state index contributed by atoms with van der Waals surface area (Å²) in [6.07, 6.45) is -60.5. The van der Waals surface area contributed by atoms with E-state index in [9.17, 15) is 110 Å². The summed E-state index contributed by atoms with van der Waals surface area (Å²) in [5, 5.41) is 56.4. The van der Waals surface area contributed by atoms with Crippen molar-refractivity contribution in [1.29, 1.82) is 0 Å². The molecule has 0 heterocycles. The number of aliphatic hydroxyl groups is 3. The minimum atomic E-state index is -7.75. The molecule has 33 heteroatoms. The van der Waals surface area contributed by atoms with Gasteiger partial charge in [-0.2, -0.15) is 105 Å². The summed E-state index contributed by atoms with van der Waals surface area (Å²) in [5.41, 5.74) is -30.3. The zero-order chi connectivity index (χ0) is 37.6. The first kappa shape index (κ1) is 50.6. The molecule has 0 atom stereocenters. The summed E-state index contributed by atoms with van der Waals surface area (Å²) in [6.45, 7) is 0. The molecular formula is C12H6BF24LiO7. The molecule has 0 bridgehead atoms. The Labute approximate surface area is 240 Å². The Kier molecular flexibility index (Phi) is 15.4. The zero-order valence-corrected chi connectivity index (χ0v) is 19.7. The van der Waals surface area contributed by atoms with Crippen LogP contribution in [0.2, 0.25) is 0 Å². The van der Waals surface area contributed by atoms with E-state index < -0.39 is 79.1 Å². The molecule has 0 aromatic carbocycles. The monoisotopic (exact) mass is 736 g/mol. The molecule has 0 spiro atoms. The van der Waals surface area contributed by atoms with Crippen LogP contribution in [0, 0.1) is 0 Å². The fourth-order valence-corrected chi connectivity index (χ4v) is 2.27. The van der Waals surface area contributed by atoms with Gasteiger partial charge in [0, 0.05) is 0 Å². The Hall–Kier alpha value is -1.30. The van der Waals surface area contributed by atoms with E-state index in [1.165, 1.54) is 0 Å². The van der Waals surface area contributed by atoms with Gasteiger partial charge in [0.2, 0.25) is 0 Å². The van der Waals surface area contributed by atoms with Gasteiger partial charge in [-0.25, -0.2) is 0 Å². The fraction of sp³-hybridized carbons (Fsp3) is 1.00. The van der Waals surface area contributed by atoms with Gasteiger partial charge in [0.15, 0.2) is 0 Å². The maximum Gasteiger partial charge on any atom is 1.00 e. The third-order valence-electron chi connectivity index (χ3n) is 4.29. The van der Waals surface area contributed by atoms with E-state index in [0.29, 0.717) is 0 Å². The average Bonchev–Trinajstić information content (AvgIpc) is 2.64. The molecule has 0 saturated heterocycles. The topological polar surface area (TPSA) is 144 Å². The second-order valence-corrected chi connectivity index (χ2v) is 7.14. The van der Waals surface area contributed by atoms with Crippen LogP contribution in [0.25, 0.3) is 0 Å². The first-order chi connectivity index (χ1) is 18.2. The second-order valence-electron chi connectivity index (χ2n) is 7.14. The molecule has 0 aliphatic carbocycles. The third kappa shape index (κ3) is 8.99. The van der Waals surface area contributed by atoms with E-state index in [-0.39, 0.29) is 18.9 Å². The van der Waals surface area contributed by atoms with Gasteiger partial charge in [-0.05, 0) is 0 Å². The molecule has 0 unspecified atom stereocenters. The molecule has 0 fully saturated rings. The molecule has 0 radical (unpaired) electrons. The second kappa shape index (κ2) is 13.7. The molecule has 0 aliphatic heterocycles. The van der Waals surface area contributed by atoms with Crippen LogP contribution in [0.15, 0.2) is 0 Å². The van der Waals surface area contributed by atoms with Crippen molar-refractivity contribution in [2.75, 3.05) is 0 Å². The van der Waals surface area contributed by atoms with E-state index >= 15 is 0 Å². The number of halogens is 24. The molecule has 6 N–H and O–H groups in total. The first-order valence-corrected chi connectivity index (χ1v) is 8.69. The molecule has 0 aliphatic rings. The van der Waals surface area contributed by atoms with Gasteiger partial charge >= 0.3 is 86.8 Å². The van der Waals surface area contributed by atoms with Gasteiger partial charge in [0.1, 0.15) is 5.60 Å². The summed E-state index contributed by atoms with van der Waals surface area (Å²) in [4.78, 5) is 0. The third-order valence-corrected chi connectivity index (χ3v) is 4.29. The molecule has 0 amide bonds. The van der Waals surface area contributed by atoms with Crippen molar-refractivity contribution >= 4 is 7.32 Å².